The zero-order valence-electron chi connectivity index (χ0n) is 12.7. The molecule has 3 unspecified atom stereocenters. The zero-order valence-corrected chi connectivity index (χ0v) is 14.3. The molecule has 1 N–H and O–H groups in total. The Morgan fingerprint density at radius 1 is 1.24 bits per heavy atom. The molecule has 1 aromatic carbocycles. The van der Waals surface area contributed by atoms with Crippen molar-refractivity contribution >= 4 is 15.9 Å². The Morgan fingerprint density at radius 2 is 2.00 bits per heavy atom. The summed E-state index contributed by atoms with van der Waals surface area (Å²) in [6.45, 7) is 3.32. The lowest BCUT2D eigenvalue weighted by Crippen LogP contribution is -2.37. The molecule has 2 fully saturated rings. The molecule has 0 amide bonds. The Labute approximate surface area is 136 Å². The van der Waals surface area contributed by atoms with Crippen molar-refractivity contribution in [3.8, 4) is 0 Å². The smallest absolute Gasteiger partial charge is 0.0813 e. The van der Waals surface area contributed by atoms with Gasteiger partial charge in [-0.05, 0) is 50.9 Å². The Hall–Kier alpha value is -0.420. The first-order valence-corrected chi connectivity index (χ1v) is 8.81. The van der Waals surface area contributed by atoms with Gasteiger partial charge in [-0.2, -0.15) is 0 Å². The van der Waals surface area contributed by atoms with E-state index in [4.69, 9.17) is 0 Å². The van der Waals surface area contributed by atoms with Gasteiger partial charge in [0.05, 0.1) is 6.10 Å². The summed E-state index contributed by atoms with van der Waals surface area (Å²) >= 11 is 3.53. The molecule has 0 aromatic heterocycles. The number of benzene rings is 1. The van der Waals surface area contributed by atoms with E-state index in [2.05, 4.69) is 32.8 Å². The summed E-state index contributed by atoms with van der Waals surface area (Å²) in [5, 5.41) is 10.4. The summed E-state index contributed by atoms with van der Waals surface area (Å²) in [4.78, 5) is 5.12. The van der Waals surface area contributed by atoms with Gasteiger partial charge < -0.3 is 10.0 Å². The van der Waals surface area contributed by atoms with Crippen molar-refractivity contribution < 1.29 is 5.11 Å². The van der Waals surface area contributed by atoms with Crippen LogP contribution in [0.3, 0.4) is 0 Å². The number of halogens is 1. The number of hydrogen-bond acceptors (Lipinski definition) is 3. The molecule has 2 heterocycles. The summed E-state index contributed by atoms with van der Waals surface area (Å²) in [5.41, 5.74) is 1.01. The highest BCUT2D eigenvalue weighted by Gasteiger charge is 2.34. The average Bonchev–Trinajstić information content (AvgIpc) is 2.72. The molecule has 4 heteroatoms. The fourth-order valence-electron chi connectivity index (χ4n) is 3.79. The fraction of sp³-hybridized carbons (Fsp3) is 0.647. The van der Waals surface area contributed by atoms with E-state index >= 15 is 0 Å². The SMILES string of the molecule is CN1C2CCC1CN(CCC(O)c1ccccc1Br)CC2. The molecule has 1 aromatic rings. The topological polar surface area (TPSA) is 26.7 Å². The van der Waals surface area contributed by atoms with E-state index in [1.807, 2.05) is 24.3 Å². The van der Waals surface area contributed by atoms with E-state index in [1.54, 1.807) is 0 Å². The van der Waals surface area contributed by atoms with Crippen LogP contribution in [0.4, 0.5) is 0 Å². The predicted octanol–water partition coefficient (Wildman–Crippen LogP) is 3.04. The molecule has 0 radical (unpaired) electrons. The number of hydrogen-bond donors (Lipinski definition) is 1. The summed E-state index contributed by atoms with van der Waals surface area (Å²) < 4.78 is 1.01. The second kappa shape index (κ2) is 6.78. The highest BCUT2D eigenvalue weighted by Crippen LogP contribution is 2.30. The maximum Gasteiger partial charge on any atom is 0.0813 e. The van der Waals surface area contributed by atoms with E-state index in [0.717, 1.165) is 41.6 Å². The summed E-state index contributed by atoms with van der Waals surface area (Å²) in [6.07, 6.45) is 4.42. The normalized spacial score (nSPS) is 28.5. The number of nitrogens with zero attached hydrogens (tertiary/aromatic N) is 2. The van der Waals surface area contributed by atoms with Gasteiger partial charge in [-0.15, -0.1) is 0 Å². The van der Waals surface area contributed by atoms with E-state index in [0.29, 0.717) is 0 Å². The predicted molar refractivity (Wildman–Crippen MR) is 89.3 cm³/mol. The van der Waals surface area contributed by atoms with Crippen molar-refractivity contribution in [2.45, 2.75) is 43.9 Å². The van der Waals surface area contributed by atoms with Crippen molar-refractivity contribution in [2.75, 3.05) is 26.7 Å². The summed E-state index contributed by atoms with van der Waals surface area (Å²) in [6, 6.07) is 9.49. The second-order valence-corrected chi connectivity index (χ2v) is 7.32. The molecule has 21 heavy (non-hydrogen) atoms. The molecular formula is C17H25BrN2O. The second-order valence-electron chi connectivity index (χ2n) is 6.47. The van der Waals surface area contributed by atoms with Gasteiger partial charge in [0.15, 0.2) is 0 Å². The summed E-state index contributed by atoms with van der Waals surface area (Å²) in [7, 11) is 2.28. The van der Waals surface area contributed by atoms with E-state index in [1.165, 1.54) is 25.8 Å². The number of likely N-dealkylation sites (tertiary alicyclic amines) is 1. The lowest BCUT2D eigenvalue weighted by atomic mass is 10.1. The van der Waals surface area contributed by atoms with Crippen molar-refractivity contribution in [1.82, 2.24) is 9.80 Å². The van der Waals surface area contributed by atoms with Crippen molar-refractivity contribution in [1.29, 1.82) is 0 Å². The molecule has 2 saturated heterocycles. The van der Waals surface area contributed by atoms with E-state index < -0.39 is 0 Å². The highest BCUT2D eigenvalue weighted by atomic mass is 79.9. The minimum atomic E-state index is -0.376. The molecule has 3 atom stereocenters. The van der Waals surface area contributed by atoms with Crippen LogP contribution in [0.5, 0.6) is 0 Å². The molecule has 0 aliphatic carbocycles. The molecule has 2 aliphatic heterocycles. The van der Waals surface area contributed by atoms with Crippen LogP contribution < -0.4 is 0 Å². The number of aliphatic hydroxyl groups excluding tert-OH is 1. The lowest BCUT2D eigenvalue weighted by Gasteiger charge is -2.26. The Morgan fingerprint density at radius 3 is 2.81 bits per heavy atom. The third kappa shape index (κ3) is 3.50. The van der Waals surface area contributed by atoms with Crippen LogP contribution in [0.1, 0.15) is 37.4 Å². The third-order valence-electron chi connectivity index (χ3n) is 5.22. The lowest BCUT2D eigenvalue weighted by molar-refractivity contribution is 0.136. The highest BCUT2D eigenvalue weighted by molar-refractivity contribution is 9.10. The molecule has 0 spiro atoms. The van der Waals surface area contributed by atoms with Crippen LogP contribution in [0.2, 0.25) is 0 Å². The van der Waals surface area contributed by atoms with Crippen molar-refractivity contribution in [2.24, 2.45) is 0 Å². The first-order chi connectivity index (χ1) is 10.1. The largest absolute Gasteiger partial charge is 0.388 e. The Balaban J connectivity index is 1.54. The zero-order chi connectivity index (χ0) is 14.8. The van der Waals surface area contributed by atoms with Gasteiger partial charge >= 0.3 is 0 Å². The average molecular weight is 353 g/mol. The Kier molecular flexibility index (Phi) is 4.99. The van der Waals surface area contributed by atoms with Gasteiger partial charge in [-0.1, -0.05) is 34.1 Å². The number of aliphatic hydroxyl groups is 1. The van der Waals surface area contributed by atoms with Gasteiger partial charge in [0.2, 0.25) is 0 Å². The maximum atomic E-state index is 10.4. The van der Waals surface area contributed by atoms with Crippen LogP contribution in [-0.4, -0.2) is 53.7 Å². The van der Waals surface area contributed by atoms with Crippen LogP contribution in [-0.2, 0) is 0 Å². The first-order valence-electron chi connectivity index (χ1n) is 8.02. The number of fused-ring (bicyclic) bond motifs is 2. The Bertz CT molecular complexity index is 482. The van der Waals surface area contributed by atoms with Crippen molar-refractivity contribution in [3.63, 3.8) is 0 Å². The van der Waals surface area contributed by atoms with E-state index in [-0.39, 0.29) is 6.10 Å². The number of rotatable bonds is 4. The molecule has 116 valence electrons. The number of likely N-dealkylation sites (N-methyl/N-ethyl adjacent to an activating group) is 1. The molecule has 3 nitrogen and oxygen atoms in total. The van der Waals surface area contributed by atoms with Crippen LogP contribution >= 0.6 is 15.9 Å². The fourth-order valence-corrected chi connectivity index (χ4v) is 4.34. The van der Waals surface area contributed by atoms with Gasteiger partial charge in [-0.3, -0.25) is 4.90 Å². The van der Waals surface area contributed by atoms with E-state index in [9.17, 15) is 5.11 Å². The first kappa shape index (κ1) is 15.5. The third-order valence-corrected chi connectivity index (χ3v) is 5.94. The molecule has 3 rings (SSSR count). The van der Waals surface area contributed by atoms with Gasteiger partial charge in [0, 0.05) is 29.6 Å². The van der Waals surface area contributed by atoms with Gasteiger partial charge in [-0.25, -0.2) is 0 Å². The van der Waals surface area contributed by atoms with Gasteiger partial charge in [0.1, 0.15) is 0 Å². The summed E-state index contributed by atoms with van der Waals surface area (Å²) in [5.74, 6) is 0. The molecule has 2 bridgehead atoms. The van der Waals surface area contributed by atoms with Crippen LogP contribution in [0.15, 0.2) is 28.7 Å². The minimum absolute atomic E-state index is 0.376. The molecular weight excluding hydrogens is 328 g/mol. The van der Waals surface area contributed by atoms with Gasteiger partial charge in [0.25, 0.3) is 0 Å². The molecule has 0 saturated carbocycles. The quantitative estimate of drug-likeness (QED) is 0.901. The van der Waals surface area contributed by atoms with Crippen molar-refractivity contribution in [3.05, 3.63) is 34.3 Å². The standard InChI is InChI=1S/C17H25BrN2O/c1-19-13-6-7-14(19)12-20(10-8-13)11-9-17(21)15-4-2-3-5-16(15)18/h2-5,13-14,17,21H,6-12H2,1H3. The van der Waals surface area contributed by atoms with Crippen LogP contribution in [0.25, 0.3) is 0 Å². The molecule has 2 aliphatic rings. The minimum Gasteiger partial charge on any atom is -0.388 e. The van der Waals surface area contributed by atoms with Crippen LogP contribution in [0, 0.1) is 0 Å². The maximum absolute atomic E-state index is 10.4. The monoisotopic (exact) mass is 352 g/mol.